The Balaban J connectivity index is 0.000000120. The predicted molar refractivity (Wildman–Crippen MR) is 507 cm³/mol. The molecule has 4 saturated heterocycles. The highest BCUT2D eigenvalue weighted by atomic mass is 79.9. The lowest BCUT2D eigenvalue weighted by Crippen LogP contribution is -2.41. The molecule has 18 heterocycles. The van der Waals surface area contributed by atoms with E-state index in [0.29, 0.717) is 145 Å². The Morgan fingerprint density at radius 3 is 0.969 bits per heavy atom. The van der Waals surface area contributed by atoms with Crippen molar-refractivity contribution >= 4 is 172 Å². The lowest BCUT2D eigenvalue weighted by Gasteiger charge is -2.28. The van der Waals surface area contributed by atoms with Crippen LogP contribution in [-0.2, 0) is 46.4 Å². The third-order valence-electron chi connectivity index (χ3n) is 22.1. The van der Waals surface area contributed by atoms with E-state index < -0.39 is 39.3 Å². The molecule has 4 aliphatic heterocycles. The van der Waals surface area contributed by atoms with Gasteiger partial charge in [-0.05, 0) is 137 Å². The Morgan fingerprint density at radius 1 is 0.359 bits per heavy atom. The number of rotatable bonds is 13. The smallest absolute Gasteiger partial charge is 0.167 e. The van der Waals surface area contributed by atoms with Crippen molar-refractivity contribution in [2.45, 2.75) is 6.92 Å². The zero-order valence-corrected chi connectivity index (χ0v) is 78.1. The van der Waals surface area contributed by atoms with Crippen molar-refractivity contribution in [2.75, 3.05) is 148 Å². The highest BCUT2D eigenvalue weighted by molar-refractivity contribution is 9.11. The molecule has 0 amide bonds. The number of pyridine rings is 5. The van der Waals surface area contributed by atoms with E-state index in [1.807, 2.05) is 123 Å². The molecule has 4 fully saturated rings. The summed E-state index contributed by atoms with van der Waals surface area (Å²) in [5.74, 6) is 5.10. The summed E-state index contributed by atoms with van der Waals surface area (Å²) in [5, 5.41) is 17.6. The van der Waals surface area contributed by atoms with Crippen LogP contribution < -0.4 is 47.3 Å². The average molecular weight is 2060 g/mol. The highest BCUT2D eigenvalue weighted by Gasteiger charge is 2.33. The van der Waals surface area contributed by atoms with E-state index in [1.54, 1.807) is 88.6 Å². The molecular formula is C84H79Br4FN26O9S4. The number of nitrogens with zero attached hydrogens (tertiary/aromatic N) is 22. The summed E-state index contributed by atoms with van der Waals surface area (Å²) in [5.41, 5.74) is 42.3. The van der Waals surface area contributed by atoms with Crippen LogP contribution in [0.4, 0.5) is 50.9 Å². The Hall–Kier alpha value is -12.2. The number of halogens is 5. The van der Waals surface area contributed by atoms with Gasteiger partial charge in [0.25, 0.3) is 0 Å². The molecule has 0 bridgehead atoms. The number of methoxy groups -OCH3 is 1. The number of nitrogen functional groups attached to an aromatic ring is 4. The fourth-order valence-electron chi connectivity index (χ4n) is 14.9. The molecule has 0 atom stereocenters. The minimum absolute atomic E-state index is 0.0765. The molecule has 20 rings (SSSR count). The molecule has 0 unspecified atom stereocenters. The first-order valence-corrected chi connectivity index (χ1v) is 50.2. The topological polar surface area (TPSA) is 453 Å². The average Bonchev–Trinajstić information content (AvgIpc) is 1.60. The summed E-state index contributed by atoms with van der Waals surface area (Å²) in [6.45, 7) is 4.97. The van der Waals surface area contributed by atoms with Crippen LogP contribution in [-0.4, -0.2) is 227 Å². The van der Waals surface area contributed by atoms with Crippen LogP contribution in [0.15, 0.2) is 201 Å². The van der Waals surface area contributed by atoms with E-state index >= 15 is 0 Å². The van der Waals surface area contributed by atoms with E-state index in [-0.39, 0.29) is 51.8 Å². The van der Waals surface area contributed by atoms with Crippen molar-refractivity contribution in [1.29, 1.82) is 0 Å². The molecule has 128 heavy (non-hydrogen) atoms. The van der Waals surface area contributed by atoms with E-state index in [4.69, 9.17) is 47.6 Å². The molecule has 14 aromatic heterocycles. The first kappa shape index (κ1) is 87.9. The summed E-state index contributed by atoms with van der Waals surface area (Å²) < 4.78 is 124. The van der Waals surface area contributed by atoms with Crippen molar-refractivity contribution in [3.63, 3.8) is 0 Å². The number of fused-ring (bicyclic) bond motifs is 4. The summed E-state index contributed by atoms with van der Waals surface area (Å²) in [7, 11) is -8.47. The molecule has 0 radical (unpaired) electrons. The Morgan fingerprint density at radius 2 is 0.672 bits per heavy atom. The molecule has 0 spiro atoms. The third-order valence-corrected chi connectivity index (χ3v) is 31.6. The van der Waals surface area contributed by atoms with Gasteiger partial charge in [-0.15, -0.1) is 0 Å². The lowest BCUT2D eigenvalue weighted by molar-refractivity contribution is 0.413. The number of sulfone groups is 4. The van der Waals surface area contributed by atoms with Crippen molar-refractivity contribution < 1.29 is 42.8 Å². The summed E-state index contributed by atoms with van der Waals surface area (Å²) in [6, 6.07) is 33.8. The Bertz CT molecular complexity index is 7410. The standard InChI is InChI=1S/C22H21BrN6O2S.C21H18BrFN6O2S.C21H20BrN7O3S.C20H20BrN7O2S/c1-14-3-2-4-15(11-14)18-6-5-16(12-25-18)17-13-26-29-20(24)19(23)22(27-21(17)29)28-7-9-32(30,31)10-8-28;22-18-19(24)29-20(27-21(18)28-7-9-32(30,31)10-8-28)16(12-26-29)14-3-6-17(25-11-14)13-1-4-15(23)5-2-13;1-32-15-8-14(9-24-11-15)17-3-2-13(10-25-17)16-12-26-29-19(23)18(22)21(27-20(16)29)28-4-6-33(30,31)7-5-28;1-26-5-4-14(12-26)16-3-2-13(10-23-16)15-11-24-28-18(22)17(21)20(25-19(15)28)27-6-8-31(29,30)9-7-27/h2-6,11-13H,7-10,24H2,1H3;1-6,11-12H,7-10,24H2;2-3,8-12H,4-7,23H2,1H3;2-5,10-12H,6-9,22H2,1H3. The van der Waals surface area contributed by atoms with Gasteiger partial charge in [-0.1, -0.05) is 48.0 Å². The van der Waals surface area contributed by atoms with Gasteiger partial charge in [0, 0.05) is 170 Å². The van der Waals surface area contributed by atoms with Crippen molar-refractivity contribution in [1.82, 2.24) is 87.9 Å². The second kappa shape index (κ2) is 35.8. The van der Waals surface area contributed by atoms with Crippen LogP contribution in [0.1, 0.15) is 5.56 Å². The van der Waals surface area contributed by atoms with Gasteiger partial charge in [-0.3, -0.25) is 24.9 Å². The van der Waals surface area contributed by atoms with Gasteiger partial charge in [0.05, 0.1) is 107 Å². The monoisotopic (exact) mass is 2060 g/mol. The first-order valence-electron chi connectivity index (χ1n) is 39.8. The van der Waals surface area contributed by atoms with Gasteiger partial charge in [0.1, 0.15) is 76.0 Å². The number of aryl methyl sites for hydroxylation is 2. The van der Waals surface area contributed by atoms with Crippen molar-refractivity contribution in [2.24, 2.45) is 7.05 Å². The predicted octanol–water partition coefficient (Wildman–Crippen LogP) is 11.3. The zero-order valence-electron chi connectivity index (χ0n) is 68.5. The van der Waals surface area contributed by atoms with E-state index in [1.165, 1.54) is 22.2 Å². The van der Waals surface area contributed by atoms with E-state index in [0.717, 1.165) is 89.5 Å². The Kier molecular flexibility index (Phi) is 24.6. The van der Waals surface area contributed by atoms with Crippen molar-refractivity contribution in [3.05, 3.63) is 213 Å². The van der Waals surface area contributed by atoms with E-state index in [9.17, 15) is 38.1 Å². The number of benzene rings is 2. The number of hydrogen-bond donors (Lipinski definition) is 4. The van der Waals surface area contributed by atoms with Crippen LogP contribution in [0.3, 0.4) is 0 Å². The molecule has 0 saturated carbocycles. The molecule has 2 aromatic carbocycles. The number of ether oxygens (including phenoxy) is 1. The minimum Gasteiger partial charge on any atom is -0.495 e. The fourth-order valence-corrected chi connectivity index (χ4v) is 21.8. The number of hydrogen-bond acceptors (Lipinski definition) is 30. The molecular weight excluding hydrogens is 1980 g/mol. The zero-order chi connectivity index (χ0) is 89.8. The number of nitrogens with two attached hydrogens (primary N) is 4. The largest absolute Gasteiger partial charge is 0.495 e. The van der Waals surface area contributed by atoms with Gasteiger partial charge in [-0.25, -0.2) is 58.0 Å². The second-order valence-corrected chi connectivity index (χ2v) is 42.9. The normalized spacial score (nSPS) is 15.9. The quantitative estimate of drug-likeness (QED) is 0.0833. The molecule has 0 aliphatic carbocycles. The van der Waals surface area contributed by atoms with Crippen LogP contribution in [0, 0.1) is 12.7 Å². The molecule has 4 aliphatic rings. The fraction of sp³-hybridized carbons (Fsp3) is 0.226. The van der Waals surface area contributed by atoms with Crippen LogP contribution in [0.25, 0.3) is 112 Å². The molecule has 16 aromatic rings. The van der Waals surface area contributed by atoms with Gasteiger partial charge in [0.2, 0.25) is 0 Å². The molecule has 8 N–H and O–H groups in total. The highest BCUT2D eigenvalue weighted by Crippen LogP contribution is 2.41. The van der Waals surface area contributed by atoms with Crippen LogP contribution >= 0.6 is 63.7 Å². The lowest BCUT2D eigenvalue weighted by atomic mass is 10.1. The third kappa shape index (κ3) is 18.4. The van der Waals surface area contributed by atoms with Gasteiger partial charge in [0.15, 0.2) is 61.9 Å². The maximum atomic E-state index is 13.2. The number of anilines is 8. The molecule has 35 nitrogen and oxygen atoms in total. The Labute approximate surface area is 766 Å². The van der Waals surface area contributed by atoms with Crippen molar-refractivity contribution in [3.8, 4) is 95.3 Å². The molecule has 658 valence electrons. The van der Waals surface area contributed by atoms with Gasteiger partial charge >= 0.3 is 0 Å². The minimum atomic E-state index is -3.02. The number of aromatic nitrogens is 18. The SMILES string of the molecule is COc1cncc(-c2ccc(-c3cnn4c(N)c(Br)c(N5CCS(=O)(=O)CC5)nc34)cn2)c1.Cc1cccc(-c2ccc(-c3cnn4c(N)c(Br)c(N5CCS(=O)(=O)CC5)nc34)cn2)c1.Cn1ccc(-c2ccc(-c3cnn4c(N)c(Br)c(N5CCS(=O)(=O)CC5)nc34)cn2)c1.Nc1c(Br)c(N2CCS(=O)(=O)CC2)nc2c(-c3ccc(-c4ccc(F)cc4)nc3)cnn12. The second-order valence-electron chi connectivity index (χ2n) is 30.6. The first-order chi connectivity index (χ1) is 61.3. The maximum absolute atomic E-state index is 13.2. The van der Waals surface area contributed by atoms with Crippen LogP contribution in [0.5, 0.6) is 5.75 Å². The maximum Gasteiger partial charge on any atom is 0.167 e. The molecule has 44 heteroatoms. The summed E-state index contributed by atoms with van der Waals surface area (Å²) >= 11 is 14.0. The van der Waals surface area contributed by atoms with Gasteiger partial charge < -0.3 is 51.8 Å². The van der Waals surface area contributed by atoms with Crippen LogP contribution in [0.2, 0.25) is 0 Å². The summed E-state index contributed by atoms with van der Waals surface area (Å²) in [4.78, 5) is 49.4. The van der Waals surface area contributed by atoms with E-state index in [2.05, 4.69) is 128 Å². The summed E-state index contributed by atoms with van der Waals surface area (Å²) in [6.07, 6.45) is 21.2. The van der Waals surface area contributed by atoms with Gasteiger partial charge in [-0.2, -0.15) is 38.5 Å².